The minimum absolute atomic E-state index is 0.0566. The molecule has 0 amide bonds. The van der Waals surface area contributed by atoms with Crippen LogP contribution in [0.3, 0.4) is 0 Å². The number of ether oxygens (including phenoxy) is 1. The van der Waals surface area contributed by atoms with Gasteiger partial charge in [-0.25, -0.2) is 4.98 Å². The third-order valence-electron chi connectivity index (χ3n) is 3.42. The van der Waals surface area contributed by atoms with E-state index in [0.29, 0.717) is 10.9 Å². The first kappa shape index (κ1) is 18.1. The van der Waals surface area contributed by atoms with Gasteiger partial charge in [0.25, 0.3) is 5.22 Å². The van der Waals surface area contributed by atoms with E-state index in [9.17, 15) is 10.1 Å². The summed E-state index contributed by atoms with van der Waals surface area (Å²) in [4.78, 5) is 16.5. The topological polar surface area (TPSA) is 102 Å². The summed E-state index contributed by atoms with van der Waals surface area (Å²) in [6, 6.07) is 9.22. The lowest BCUT2D eigenvalue weighted by molar-refractivity contribution is -0.116. The third kappa shape index (κ3) is 4.09. The Balaban J connectivity index is 1.63. The minimum atomic E-state index is -0.870. The maximum absolute atomic E-state index is 12.3. The van der Waals surface area contributed by atoms with E-state index in [2.05, 4.69) is 15.2 Å². The average Bonchev–Trinajstić information content (AvgIpc) is 3.30. The van der Waals surface area contributed by atoms with E-state index >= 15 is 0 Å². The standard InChI is InChI=1S/C17H14N4O3S2/c1-10-8-25-16(19-10)13(7-18)14(22)9-26-17-21-20-15(24-17)11-3-5-12(23-2)6-4-11/h3-6,8,13H,9H2,1-2H3/t13-/m1/s1. The molecule has 0 aliphatic carbocycles. The molecule has 0 fully saturated rings. The van der Waals surface area contributed by atoms with E-state index in [4.69, 9.17) is 9.15 Å². The largest absolute Gasteiger partial charge is 0.497 e. The van der Waals surface area contributed by atoms with Gasteiger partial charge in [0.05, 0.1) is 18.9 Å². The molecule has 9 heteroatoms. The number of nitriles is 1. The van der Waals surface area contributed by atoms with E-state index in [1.807, 2.05) is 30.5 Å². The van der Waals surface area contributed by atoms with E-state index in [-0.39, 0.29) is 16.8 Å². The molecule has 0 N–H and O–H groups in total. The molecule has 1 atom stereocenters. The highest BCUT2D eigenvalue weighted by atomic mass is 32.2. The van der Waals surface area contributed by atoms with Crippen molar-refractivity contribution in [1.29, 1.82) is 5.26 Å². The molecule has 3 aromatic rings. The van der Waals surface area contributed by atoms with Crippen LogP contribution < -0.4 is 4.74 Å². The first-order chi connectivity index (χ1) is 12.6. The van der Waals surface area contributed by atoms with Gasteiger partial charge in [-0.1, -0.05) is 11.8 Å². The number of aromatic nitrogens is 3. The van der Waals surface area contributed by atoms with Gasteiger partial charge >= 0.3 is 0 Å². The van der Waals surface area contributed by atoms with Crippen LogP contribution in [0.5, 0.6) is 5.75 Å². The number of Topliss-reactive ketones (excluding diaryl/α,β-unsaturated/α-hetero) is 1. The number of carbonyl (C=O) groups excluding carboxylic acids is 1. The molecule has 2 aromatic heterocycles. The van der Waals surface area contributed by atoms with E-state index < -0.39 is 5.92 Å². The predicted molar refractivity (Wildman–Crippen MR) is 97.2 cm³/mol. The lowest BCUT2D eigenvalue weighted by Gasteiger charge is -2.03. The van der Waals surface area contributed by atoms with Gasteiger partial charge in [0.15, 0.2) is 11.7 Å². The number of hydrogen-bond acceptors (Lipinski definition) is 9. The SMILES string of the molecule is COc1ccc(-c2nnc(SCC(=O)[C@@H](C#N)c3nc(C)cs3)o2)cc1. The van der Waals surface area contributed by atoms with Gasteiger partial charge < -0.3 is 9.15 Å². The van der Waals surface area contributed by atoms with Crippen LogP contribution in [0, 0.1) is 18.3 Å². The molecule has 1 aromatic carbocycles. The monoisotopic (exact) mass is 386 g/mol. The van der Waals surface area contributed by atoms with E-state index in [0.717, 1.165) is 28.8 Å². The molecule has 0 spiro atoms. The molecule has 0 bridgehead atoms. The lowest BCUT2D eigenvalue weighted by Crippen LogP contribution is -2.13. The second-order valence-electron chi connectivity index (χ2n) is 5.25. The molecular weight excluding hydrogens is 372 g/mol. The number of benzene rings is 1. The summed E-state index contributed by atoms with van der Waals surface area (Å²) < 4.78 is 10.7. The van der Waals surface area contributed by atoms with Crippen molar-refractivity contribution in [2.45, 2.75) is 18.1 Å². The molecule has 0 aliphatic heterocycles. The first-order valence-electron chi connectivity index (χ1n) is 7.56. The zero-order valence-electron chi connectivity index (χ0n) is 14.0. The van der Waals surface area contributed by atoms with E-state index in [1.54, 1.807) is 19.2 Å². The van der Waals surface area contributed by atoms with Crippen LogP contribution in [0.25, 0.3) is 11.5 Å². The van der Waals surface area contributed by atoms with Gasteiger partial charge in [0.2, 0.25) is 5.89 Å². The summed E-state index contributed by atoms with van der Waals surface area (Å²) in [6.45, 7) is 1.83. The number of hydrogen-bond donors (Lipinski definition) is 0. The van der Waals surface area contributed by atoms with Gasteiger partial charge in [-0.2, -0.15) is 5.26 Å². The number of thiazole rings is 1. The number of methoxy groups -OCH3 is 1. The molecule has 7 nitrogen and oxygen atoms in total. The van der Waals surface area contributed by atoms with Crippen molar-refractivity contribution >= 4 is 28.9 Å². The number of nitrogens with zero attached hydrogens (tertiary/aromatic N) is 4. The Morgan fingerprint density at radius 1 is 1.38 bits per heavy atom. The van der Waals surface area contributed by atoms with Crippen molar-refractivity contribution in [1.82, 2.24) is 15.2 Å². The van der Waals surface area contributed by atoms with Crippen LogP contribution in [0.4, 0.5) is 0 Å². The second-order valence-corrected chi connectivity index (χ2v) is 7.06. The summed E-state index contributed by atoms with van der Waals surface area (Å²) in [6.07, 6.45) is 0. The molecule has 0 saturated carbocycles. The van der Waals surface area contributed by atoms with Crippen molar-refractivity contribution in [3.05, 3.63) is 40.3 Å². The summed E-state index contributed by atoms with van der Waals surface area (Å²) in [5.41, 5.74) is 1.55. The summed E-state index contributed by atoms with van der Waals surface area (Å²) in [7, 11) is 1.59. The Bertz CT molecular complexity index is 944. The zero-order chi connectivity index (χ0) is 18.5. The van der Waals surface area contributed by atoms with Crippen LogP contribution >= 0.6 is 23.1 Å². The van der Waals surface area contributed by atoms with Crippen LogP contribution in [-0.4, -0.2) is 33.8 Å². The summed E-state index contributed by atoms with van der Waals surface area (Å²) in [5, 5.41) is 19.8. The number of ketones is 1. The summed E-state index contributed by atoms with van der Waals surface area (Å²) in [5.74, 6) is 0.0332. The lowest BCUT2D eigenvalue weighted by atomic mass is 10.1. The zero-order valence-corrected chi connectivity index (χ0v) is 15.6. The van der Waals surface area contributed by atoms with Crippen LogP contribution in [0.1, 0.15) is 16.6 Å². The Morgan fingerprint density at radius 2 is 2.15 bits per heavy atom. The molecule has 132 valence electrons. The van der Waals surface area contributed by atoms with Crippen LogP contribution in [0.2, 0.25) is 0 Å². The van der Waals surface area contributed by atoms with Gasteiger partial charge in [-0.3, -0.25) is 4.79 Å². The first-order valence-corrected chi connectivity index (χ1v) is 9.42. The van der Waals surface area contributed by atoms with E-state index in [1.165, 1.54) is 11.3 Å². The number of rotatable bonds is 7. The van der Waals surface area contributed by atoms with Crippen molar-refractivity contribution in [2.24, 2.45) is 0 Å². The Hall–Kier alpha value is -2.70. The van der Waals surface area contributed by atoms with Gasteiger partial charge in [-0.05, 0) is 31.2 Å². The number of carbonyl (C=O) groups is 1. The smallest absolute Gasteiger partial charge is 0.277 e. The molecule has 2 heterocycles. The molecule has 0 aliphatic rings. The van der Waals surface area contributed by atoms with Crippen molar-refractivity contribution in [3.8, 4) is 23.3 Å². The van der Waals surface area contributed by atoms with Crippen molar-refractivity contribution < 1.29 is 13.9 Å². The van der Waals surface area contributed by atoms with Crippen LogP contribution in [-0.2, 0) is 4.79 Å². The summed E-state index contributed by atoms with van der Waals surface area (Å²) >= 11 is 2.42. The Morgan fingerprint density at radius 3 is 2.77 bits per heavy atom. The molecular formula is C17H14N4O3S2. The van der Waals surface area contributed by atoms with Gasteiger partial charge in [0, 0.05) is 16.6 Å². The maximum Gasteiger partial charge on any atom is 0.277 e. The third-order valence-corrected chi connectivity index (χ3v) is 5.28. The quantitative estimate of drug-likeness (QED) is 0.569. The van der Waals surface area contributed by atoms with Crippen molar-refractivity contribution in [3.63, 3.8) is 0 Å². The number of thioether (sulfide) groups is 1. The molecule has 0 saturated heterocycles. The fourth-order valence-electron chi connectivity index (χ4n) is 2.10. The molecule has 0 radical (unpaired) electrons. The molecule has 3 rings (SSSR count). The highest BCUT2D eigenvalue weighted by Crippen LogP contribution is 2.27. The highest BCUT2D eigenvalue weighted by Gasteiger charge is 2.24. The average molecular weight is 386 g/mol. The minimum Gasteiger partial charge on any atom is -0.497 e. The number of aryl methyl sites for hydroxylation is 1. The Labute approximate surface area is 158 Å². The highest BCUT2D eigenvalue weighted by molar-refractivity contribution is 7.99. The van der Waals surface area contributed by atoms with Gasteiger partial charge in [-0.15, -0.1) is 21.5 Å². The Kier molecular flexibility index (Phi) is 5.65. The molecule has 0 unspecified atom stereocenters. The van der Waals surface area contributed by atoms with Crippen LogP contribution in [0.15, 0.2) is 39.3 Å². The fraction of sp³-hybridized carbons (Fsp3) is 0.235. The second kappa shape index (κ2) is 8.12. The molecule has 26 heavy (non-hydrogen) atoms. The maximum atomic E-state index is 12.3. The van der Waals surface area contributed by atoms with Crippen molar-refractivity contribution in [2.75, 3.05) is 12.9 Å². The normalized spacial score (nSPS) is 11.7. The van der Waals surface area contributed by atoms with Gasteiger partial charge in [0.1, 0.15) is 10.8 Å². The predicted octanol–water partition coefficient (Wildman–Crippen LogP) is 3.48. The fourth-order valence-corrected chi connectivity index (χ4v) is 3.63.